The smallest absolute Gasteiger partial charge is 0.407 e. The average molecular weight is 462 g/mol. The minimum Gasteiger partial charge on any atom is -0.444 e. The first-order valence-electron chi connectivity index (χ1n) is 11.9. The average Bonchev–Trinajstić information content (AvgIpc) is 3.32. The van der Waals surface area contributed by atoms with Crippen LogP contribution < -0.4 is 10.6 Å². The normalized spacial score (nSPS) is 18.6. The largest absolute Gasteiger partial charge is 0.444 e. The van der Waals surface area contributed by atoms with Gasteiger partial charge in [-0.25, -0.2) is 9.78 Å². The van der Waals surface area contributed by atoms with Crippen molar-refractivity contribution < 1.29 is 14.3 Å². The summed E-state index contributed by atoms with van der Waals surface area (Å²) in [5.74, 6) is 0.838. The van der Waals surface area contributed by atoms with Crippen LogP contribution >= 0.6 is 0 Å². The van der Waals surface area contributed by atoms with Crippen LogP contribution in [0.3, 0.4) is 0 Å². The van der Waals surface area contributed by atoms with E-state index in [1.165, 1.54) is 5.56 Å². The molecule has 0 bridgehead atoms. The number of imidazole rings is 1. The number of nitrogens with one attached hydrogen (secondary N) is 2. The van der Waals surface area contributed by atoms with Crippen LogP contribution in [0.25, 0.3) is 22.4 Å². The van der Waals surface area contributed by atoms with Crippen molar-refractivity contribution in [1.29, 1.82) is 0 Å². The third-order valence-electron chi connectivity index (χ3n) is 6.24. The van der Waals surface area contributed by atoms with E-state index in [1.54, 1.807) is 0 Å². The molecule has 3 aromatic rings. The third kappa shape index (κ3) is 4.63. The van der Waals surface area contributed by atoms with Crippen molar-refractivity contribution in [3.63, 3.8) is 0 Å². The van der Waals surface area contributed by atoms with Crippen LogP contribution in [0.15, 0.2) is 42.5 Å². The number of amides is 2. The summed E-state index contributed by atoms with van der Waals surface area (Å²) in [6.07, 6.45) is 0.562. The maximum absolute atomic E-state index is 12.4. The van der Waals surface area contributed by atoms with Gasteiger partial charge in [0, 0.05) is 44.3 Å². The Morgan fingerprint density at radius 1 is 1.18 bits per heavy atom. The van der Waals surface area contributed by atoms with Gasteiger partial charge in [0.1, 0.15) is 11.4 Å². The van der Waals surface area contributed by atoms with Crippen LogP contribution in [0.2, 0.25) is 0 Å². The molecular weight excluding hydrogens is 430 g/mol. The Balaban J connectivity index is 1.27. The first-order valence-corrected chi connectivity index (χ1v) is 11.9. The number of carbonyl (C=O) groups excluding carboxylic acids is 2. The molecule has 0 saturated carbocycles. The lowest BCUT2D eigenvalue weighted by Gasteiger charge is -2.22. The fraction of sp³-hybridized carbons (Fsp3) is 0.423. The Morgan fingerprint density at radius 2 is 1.97 bits per heavy atom. The van der Waals surface area contributed by atoms with Gasteiger partial charge in [-0.15, -0.1) is 0 Å². The fourth-order valence-electron chi connectivity index (χ4n) is 4.77. The Hall–Kier alpha value is -3.39. The number of nitrogens with zero attached hydrogens (tertiary/aromatic N) is 3. The number of likely N-dealkylation sites (tertiary alicyclic amines) is 1. The van der Waals surface area contributed by atoms with Crippen LogP contribution in [-0.4, -0.2) is 57.7 Å². The maximum Gasteiger partial charge on any atom is 0.407 e. The maximum atomic E-state index is 12.4. The van der Waals surface area contributed by atoms with Gasteiger partial charge in [-0.1, -0.05) is 30.3 Å². The van der Waals surface area contributed by atoms with Crippen LogP contribution in [0.4, 0.5) is 4.79 Å². The molecule has 3 heterocycles. The quantitative estimate of drug-likeness (QED) is 0.620. The Bertz CT molecular complexity index is 1230. The zero-order valence-corrected chi connectivity index (χ0v) is 19.9. The molecule has 0 aliphatic carbocycles. The van der Waals surface area contributed by atoms with Crippen LogP contribution in [0.5, 0.6) is 0 Å². The highest BCUT2D eigenvalue weighted by atomic mass is 16.6. The number of aromatic nitrogens is 2. The molecule has 8 nitrogen and oxygen atoms in total. The van der Waals surface area contributed by atoms with Gasteiger partial charge in [0.2, 0.25) is 0 Å². The van der Waals surface area contributed by atoms with Crippen molar-refractivity contribution >= 4 is 23.0 Å². The van der Waals surface area contributed by atoms with Gasteiger partial charge in [-0.2, -0.15) is 0 Å². The summed E-state index contributed by atoms with van der Waals surface area (Å²) in [7, 11) is 0. The molecule has 0 radical (unpaired) electrons. The Morgan fingerprint density at radius 3 is 2.74 bits per heavy atom. The number of para-hydroxylation sites is 1. The molecule has 5 rings (SSSR count). The SMILES string of the molecule is CC(C)(C)OC(=O)NC1CCN(Cc2ccc(-c3nc4cccc5c4n3CCNC5=O)cc2)C1. The highest BCUT2D eigenvalue weighted by molar-refractivity contribution is 6.06. The van der Waals surface area contributed by atoms with E-state index in [0.717, 1.165) is 48.5 Å². The predicted octanol–water partition coefficient (Wildman–Crippen LogP) is 3.55. The van der Waals surface area contributed by atoms with Gasteiger partial charge >= 0.3 is 6.09 Å². The first-order chi connectivity index (χ1) is 16.3. The van der Waals surface area contributed by atoms with Crippen molar-refractivity contribution in [3.05, 3.63) is 53.6 Å². The van der Waals surface area contributed by atoms with E-state index in [9.17, 15) is 9.59 Å². The van der Waals surface area contributed by atoms with E-state index in [1.807, 2.05) is 39.0 Å². The molecule has 2 aliphatic rings. The lowest BCUT2D eigenvalue weighted by Crippen LogP contribution is -2.40. The van der Waals surface area contributed by atoms with Crippen LogP contribution in [0.1, 0.15) is 43.1 Å². The van der Waals surface area contributed by atoms with Gasteiger partial charge < -0.3 is 19.9 Å². The molecule has 8 heteroatoms. The number of rotatable bonds is 4. The van der Waals surface area contributed by atoms with E-state index >= 15 is 0 Å². The summed E-state index contributed by atoms with van der Waals surface area (Å²) >= 11 is 0. The van der Waals surface area contributed by atoms with Crippen molar-refractivity contribution in [3.8, 4) is 11.4 Å². The minimum absolute atomic E-state index is 0.0452. The molecule has 1 atom stereocenters. The van der Waals surface area contributed by atoms with E-state index in [4.69, 9.17) is 9.72 Å². The van der Waals surface area contributed by atoms with Crippen LogP contribution in [-0.2, 0) is 17.8 Å². The molecule has 178 valence electrons. The number of alkyl carbamates (subject to hydrolysis) is 1. The molecule has 1 saturated heterocycles. The third-order valence-corrected chi connectivity index (χ3v) is 6.24. The molecular formula is C26H31N5O3. The Labute approximate surface area is 199 Å². The standard InChI is InChI=1S/C26H31N5O3/c1-26(2,3)34-25(33)28-19-11-13-30(16-19)15-17-7-9-18(10-8-17)23-29-21-6-4-5-20-22(21)31(23)14-12-27-24(20)32/h4-10,19H,11-16H2,1-3H3,(H,27,32)(H,28,33). The van der Waals surface area contributed by atoms with E-state index < -0.39 is 5.60 Å². The highest BCUT2D eigenvalue weighted by Gasteiger charge is 2.26. The Kier molecular flexibility index (Phi) is 5.77. The summed E-state index contributed by atoms with van der Waals surface area (Å²) in [6, 6.07) is 14.3. The zero-order chi connectivity index (χ0) is 23.9. The molecule has 2 aliphatic heterocycles. The molecule has 2 N–H and O–H groups in total. The topological polar surface area (TPSA) is 88.5 Å². The second kappa shape index (κ2) is 8.76. The number of benzene rings is 2. The van der Waals surface area contributed by atoms with E-state index in [2.05, 4.69) is 44.4 Å². The van der Waals surface area contributed by atoms with E-state index in [0.29, 0.717) is 18.7 Å². The minimum atomic E-state index is -0.490. The monoisotopic (exact) mass is 461 g/mol. The first kappa shape index (κ1) is 22.4. The molecule has 2 amide bonds. The van der Waals surface area contributed by atoms with Gasteiger partial charge in [0.15, 0.2) is 0 Å². The number of carbonyl (C=O) groups is 2. The van der Waals surface area contributed by atoms with Gasteiger partial charge in [-0.05, 0) is 44.9 Å². The summed E-state index contributed by atoms with van der Waals surface area (Å²) in [5.41, 5.74) is 4.17. The van der Waals surface area contributed by atoms with Gasteiger partial charge in [-0.3, -0.25) is 9.69 Å². The summed E-state index contributed by atoms with van der Waals surface area (Å²) in [4.78, 5) is 31.6. The number of hydrogen-bond acceptors (Lipinski definition) is 5. The molecule has 1 aromatic heterocycles. The summed E-state index contributed by atoms with van der Waals surface area (Å²) < 4.78 is 7.52. The number of ether oxygens (including phenoxy) is 1. The molecule has 1 unspecified atom stereocenters. The fourth-order valence-corrected chi connectivity index (χ4v) is 4.77. The molecule has 1 fully saturated rings. The van der Waals surface area contributed by atoms with Crippen molar-refractivity contribution in [2.24, 2.45) is 0 Å². The van der Waals surface area contributed by atoms with Crippen molar-refractivity contribution in [2.45, 2.75) is 51.9 Å². The highest BCUT2D eigenvalue weighted by Crippen LogP contribution is 2.29. The summed E-state index contributed by atoms with van der Waals surface area (Å²) in [6.45, 7) is 9.45. The zero-order valence-electron chi connectivity index (χ0n) is 19.9. The van der Waals surface area contributed by atoms with Crippen LogP contribution in [0, 0.1) is 0 Å². The molecule has 0 spiro atoms. The lowest BCUT2D eigenvalue weighted by molar-refractivity contribution is 0.0505. The van der Waals surface area contributed by atoms with E-state index in [-0.39, 0.29) is 18.0 Å². The second-order valence-electron chi connectivity index (χ2n) is 10.1. The molecule has 2 aromatic carbocycles. The van der Waals surface area contributed by atoms with Crippen molar-refractivity contribution in [1.82, 2.24) is 25.1 Å². The lowest BCUT2D eigenvalue weighted by atomic mass is 10.1. The van der Waals surface area contributed by atoms with Gasteiger partial charge in [0.05, 0.1) is 16.6 Å². The summed E-state index contributed by atoms with van der Waals surface area (Å²) in [5, 5.41) is 5.95. The number of hydrogen-bond donors (Lipinski definition) is 2. The second-order valence-corrected chi connectivity index (χ2v) is 10.1. The molecule has 34 heavy (non-hydrogen) atoms. The van der Waals surface area contributed by atoms with Crippen molar-refractivity contribution in [2.75, 3.05) is 19.6 Å². The van der Waals surface area contributed by atoms with Gasteiger partial charge in [0.25, 0.3) is 5.91 Å². The predicted molar refractivity (Wildman–Crippen MR) is 131 cm³/mol.